The number of carbonyl (C=O) groups is 2. The number of H-pyrrole nitrogens is 1. The van der Waals surface area contributed by atoms with Crippen molar-refractivity contribution >= 4 is 28.9 Å². The number of aromatic nitrogens is 1. The molecular weight excluding hydrogens is 392 g/mol. The van der Waals surface area contributed by atoms with E-state index in [9.17, 15) is 9.59 Å². The summed E-state index contributed by atoms with van der Waals surface area (Å²) in [5.74, 6) is -0.783. The summed E-state index contributed by atoms with van der Waals surface area (Å²) in [6, 6.07) is 17.1. The molecule has 6 heteroatoms. The van der Waals surface area contributed by atoms with Crippen LogP contribution in [-0.4, -0.2) is 29.6 Å². The summed E-state index contributed by atoms with van der Waals surface area (Å²) in [7, 11) is 0. The lowest BCUT2D eigenvalue weighted by atomic mass is 10.1. The number of hydrogen-bond acceptors (Lipinski definition) is 5. The van der Waals surface area contributed by atoms with Gasteiger partial charge in [-0.2, -0.15) is 0 Å². The molecule has 0 bridgehead atoms. The summed E-state index contributed by atoms with van der Waals surface area (Å²) in [6.07, 6.45) is 9.67. The van der Waals surface area contributed by atoms with E-state index in [1.54, 1.807) is 0 Å². The van der Waals surface area contributed by atoms with E-state index in [1.165, 1.54) is 5.56 Å². The minimum atomic E-state index is -0.751. The monoisotopic (exact) mass is 418 g/mol. The lowest BCUT2D eigenvalue weighted by molar-refractivity contribution is -0.139. The van der Waals surface area contributed by atoms with Gasteiger partial charge in [-0.1, -0.05) is 48.9 Å². The molecule has 160 valence electrons. The van der Waals surface area contributed by atoms with Gasteiger partial charge in [0.2, 0.25) is 0 Å². The van der Waals surface area contributed by atoms with Crippen LogP contribution in [0.4, 0.5) is 0 Å². The maximum atomic E-state index is 11.4. The zero-order chi connectivity index (χ0) is 22.2. The Bertz CT molecular complexity index is 1130. The second kappa shape index (κ2) is 10.3. The highest BCUT2D eigenvalue weighted by Gasteiger charge is 2.18. The van der Waals surface area contributed by atoms with Crippen LogP contribution >= 0.6 is 0 Å². The average Bonchev–Trinajstić information content (AvgIpc) is 3.38. The minimum absolute atomic E-state index is 0. The lowest BCUT2D eigenvalue weighted by Crippen LogP contribution is -2.33. The first-order chi connectivity index (χ1) is 15.0. The topological polar surface area (TPSA) is 94.4 Å². The number of ether oxygens (including phenoxy) is 2. The summed E-state index contributed by atoms with van der Waals surface area (Å²) in [6.45, 7) is 2.26. The summed E-state index contributed by atoms with van der Waals surface area (Å²) in [4.78, 5) is 25.9. The fraction of sp³-hybridized carbons (Fsp3) is 0.200. The second-order valence-electron chi connectivity index (χ2n) is 7.00. The van der Waals surface area contributed by atoms with E-state index in [2.05, 4.69) is 9.72 Å². The van der Waals surface area contributed by atoms with Crippen LogP contribution in [0.3, 0.4) is 0 Å². The third kappa shape index (κ3) is 5.62. The molecule has 6 nitrogen and oxygen atoms in total. The molecule has 0 aliphatic heterocycles. The van der Waals surface area contributed by atoms with E-state index < -0.39 is 12.0 Å². The lowest BCUT2D eigenvalue weighted by Gasteiger charge is -2.05. The summed E-state index contributed by atoms with van der Waals surface area (Å²) < 4.78 is 9.35. The van der Waals surface area contributed by atoms with E-state index in [0.717, 1.165) is 27.7 Å². The Morgan fingerprint density at radius 1 is 1.23 bits per heavy atom. The highest BCUT2D eigenvalue weighted by atomic mass is 16.5. The van der Waals surface area contributed by atoms with E-state index >= 15 is 0 Å². The Morgan fingerprint density at radius 2 is 1.97 bits per heavy atom. The highest BCUT2D eigenvalue weighted by Crippen LogP contribution is 2.25. The van der Waals surface area contributed by atoms with Gasteiger partial charge in [-0.3, -0.25) is 0 Å². The van der Waals surface area contributed by atoms with Gasteiger partial charge in [0, 0.05) is 31.1 Å². The Labute approximate surface area is 182 Å². The molecule has 4 rings (SSSR count). The molecule has 3 N–H and O–H groups in total. The maximum absolute atomic E-state index is 11.4. The molecule has 0 radical (unpaired) electrons. The molecule has 1 unspecified atom stereocenters. The van der Waals surface area contributed by atoms with Crippen molar-refractivity contribution in [3.8, 4) is 12.5 Å². The van der Waals surface area contributed by atoms with Gasteiger partial charge in [-0.05, 0) is 41.6 Å². The molecule has 1 aliphatic rings. The van der Waals surface area contributed by atoms with Crippen LogP contribution in [0.15, 0.2) is 60.2 Å². The molecule has 1 atom stereocenters. The summed E-state index contributed by atoms with van der Waals surface area (Å²) in [5, 5.41) is 1.08. The van der Waals surface area contributed by atoms with E-state index in [-0.39, 0.29) is 7.40 Å². The molecular formula is C25H26N2O4. The van der Waals surface area contributed by atoms with Crippen LogP contribution in [0.5, 0.6) is 0 Å². The Morgan fingerprint density at radius 3 is 2.68 bits per heavy atom. The van der Waals surface area contributed by atoms with Gasteiger partial charge in [0.05, 0.1) is 6.61 Å². The molecule has 3 aromatic rings. The molecule has 0 fully saturated rings. The standard InChI is InChI=1S/C13H12N2O2.C12H12O2.H2/c1-2-17-13(16)11(14)8-10-7-9-5-3-4-6-12(9)15-10;1-2-14-12(13)11-7-9-5-3-4-6-10(9)8-11;/h1,3-7,11,15H,8,14H2;3-7H,2,8H2,1H3;1H. The van der Waals surface area contributed by atoms with Gasteiger partial charge in [0.15, 0.2) is 0 Å². The van der Waals surface area contributed by atoms with E-state index in [1.807, 2.05) is 73.7 Å². The molecule has 0 amide bonds. The number of aromatic amines is 1. The number of fused-ring (bicyclic) bond motifs is 2. The Hall–Kier alpha value is -3.82. The van der Waals surface area contributed by atoms with Gasteiger partial charge in [0.1, 0.15) is 12.1 Å². The van der Waals surface area contributed by atoms with E-state index in [4.69, 9.17) is 16.9 Å². The minimum Gasteiger partial charge on any atom is -0.463 e. The molecule has 1 aromatic heterocycles. The quantitative estimate of drug-likeness (QED) is 0.488. The summed E-state index contributed by atoms with van der Waals surface area (Å²) >= 11 is 0. The van der Waals surface area contributed by atoms with Crippen molar-refractivity contribution in [2.75, 3.05) is 6.61 Å². The first-order valence-corrected chi connectivity index (χ1v) is 9.96. The number of esters is 2. The third-order valence-electron chi connectivity index (χ3n) is 4.79. The number of para-hydroxylation sites is 1. The van der Waals surface area contributed by atoms with Crippen molar-refractivity contribution in [1.82, 2.24) is 4.98 Å². The molecule has 31 heavy (non-hydrogen) atoms. The first kappa shape index (κ1) is 21.9. The molecule has 1 aliphatic carbocycles. The van der Waals surface area contributed by atoms with Crippen molar-refractivity contribution in [3.05, 3.63) is 77.0 Å². The smallest absolute Gasteiger partial charge is 0.337 e. The second-order valence-corrected chi connectivity index (χ2v) is 7.00. The Balaban J connectivity index is 0.000000224. The predicted molar refractivity (Wildman–Crippen MR) is 122 cm³/mol. The number of benzene rings is 2. The first-order valence-electron chi connectivity index (χ1n) is 9.96. The van der Waals surface area contributed by atoms with Crippen molar-refractivity contribution < 1.29 is 20.5 Å². The number of terminal acetylenes is 1. The predicted octanol–water partition coefficient (Wildman–Crippen LogP) is 3.61. The fourth-order valence-electron chi connectivity index (χ4n) is 3.33. The largest absolute Gasteiger partial charge is 0.463 e. The van der Waals surface area contributed by atoms with Gasteiger partial charge in [0.25, 0.3) is 0 Å². The van der Waals surface area contributed by atoms with Gasteiger partial charge >= 0.3 is 11.9 Å². The van der Waals surface area contributed by atoms with Crippen molar-refractivity contribution in [2.45, 2.75) is 25.8 Å². The van der Waals surface area contributed by atoms with Crippen LogP contribution in [-0.2, 0) is 31.9 Å². The molecule has 0 spiro atoms. The van der Waals surface area contributed by atoms with Crippen molar-refractivity contribution in [3.63, 3.8) is 0 Å². The number of nitrogens with one attached hydrogen (secondary N) is 1. The third-order valence-corrected chi connectivity index (χ3v) is 4.79. The normalized spacial score (nSPS) is 12.6. The molecule has 0 saturated heterocycles. The van der Waals surface area contributed by atoms with E-state index in [0.29, 0.717) is 19.4 Å². The molecule has 1 heterocycles. The average molecular weight is 418 g/mol. The van der Waals surface area contributed by atoms with Crippen molar-refractivity contribution in [2.24, 2.45) is 5.73 Å². The zero-order valence-electron chi connectivity index (χ0n) is 17.3. The highest BCUT2D eigenvalue weighted by molar-refractivity contribution is 5.96. The zero-order valence-corrected chi connectivity index (χ0v) is 17.3. The van der Waals surface area contributed by atoms with Crippen LogP contribution in [0.2, 0.25) is 0 Å². The number of nitrogens with two attached hydrogens (primary N) is 1. The number of rotatable bonds is 5. The van der Waals surface area contributed by atoms with Crippen LogP contribution in [0.25, 0.3) is 17.0 Å². The van der Waals surface area contributed by atoms with Gasteiger partial charge < -0.3 is 20.2 Å². The summed E-state index contributed by atoms with van der Waals surface area (Å²) in [5.41, 5.74) is 10.7. The van der Waals surface area contributed by atoms with Crippen LogP contribution < -0.4 is 5.73 Å². The number of carbonyl (C=O) groups excluding carboxylic acids is 2. The molecule has 2 aromatic carbocycles. The molecule has 0 saturated carbocycles. The van der Waals surface area contributed by atoms with Crippen molar-refractivity contribution in [1.29, 1.82) is 0 Å². The Kier molecular flexibility index (Phi) is 7.26. The van der Waals surface area contributed by atoms with Crippen LogP contribution in [0.1, 0.15) is 25.2 Å². The van der Waals surface area contributed by atoms with Crippen LogP contribution in [0, 0.1) is 12.5 Å². The fourth-order valence-corrected chi connectivity index (χ4v) is 3.33. The van der Waals surface area contributed by atoms with Gasteiger partial charge in [-0.15, -0.1) is 0 Å². The number of hydrogen-bond donors (Lipinski definition) is 2. The van der Waals surface area contributed by atoms with Gasteiger partial charge in [-0.25, -0.2) is 9.59 Å². The maximum Gasteiger partial charge on any atom is 0.337 e. The SMILES string of the molecule is C#COC(=O)C(N)Cc1cc2ccccc2[nH]1.CCOC(=O)C1=Cc2ccccc2C1.[HH].